The van der Waals surface area contributed by atoms with Gasteiger partial charge in [0, 0.05) is 24.3 Å². The molecule has 0 saturated heterocycles. The number of benzene rings is 3. The van der Waals surface area contributed by atoms with E-state index in [2.05, 4.69) is 21.3 Å². The molecule has 0 unspecified atom stereocenters. The number of carbonyl (C=O) groups is 3. The minimum atomic E-state index is -1.12. The van der Waals surface area contributed by atoms with Gasteiger partial charge in [-0.1, -0.05) is 60.2 Å². The molecule has 0 saturated carbocycles. The second kappa shape index (κ2) is 16.2. The number of hydrogen-bond acceptors (Lipinski definition) is 8. The molecule has 0 aromatic heterocycles. The van der Waals surface area contributed by atoms with Gasteiger partial charge in [0.05, 0.1) is 6.10 Å². The van der Waals surface area contributed by atoms with Crippen LogP contribution < -0.4 is 26.0 Å². The van der Waals surface area contributed by atoms with Gasteiger partial charge in [0.2, 0.25) is 5.91 Å². The summed E-state index contributed by atoms with van der Waals surface area (Å²) < 4.78 is 5.66. The lowest BCUT2D eigenvalue weighted by atomic mass is 10.1. The van der Waals surface area contributed by atoms with E-state index < -0.39 is 41.5 Å². The van der Waals surface area contributed by atoms with E-state index in [1.165, 1.54) is 19.1 Å². The summed E-state index contributed by atoms with van der Waals surface area (Å²) in [5, 5.41) is 31.6. The molecule has 10 heteroatoms. The molecule has 0 heterocycles. The van der Waals surface area contributed by atoms with Crippen LogP contribution in [0.25, 0.3) is 6.08 Å². The van der Waals surface area contributed by atoms with E-state index in [0.717, 1.165) is 11.1 Å². The highest BCUT2D eigenvalue weighted by molar-refractivity contribution is 6.02. The van der Waals surface area contributed by atoms with Crippen LogP contribution in [0.4, 0.5) is 5.69 Å². The minimum Gasteiger partial charge on any atom is -0.425 e. The summed E-state index contributed by atoms with van der Waals surface area (Å²) in [6, 6.07) is 23.0. The first-order valence-corrected chi connectivity index (χ1v) is 14.7. The van der Waals surface area contributed by atoms with Crippen LogP contribution in [0.1, 0.15) is 44.4 Å². The Balaban J connectivity index is 1.79. The normalized spacial score (nSPS) is 13.5. The van der Waals surface area contributed by atoms with Gasteiger partial charge in [-0.25, -0.2) is 4.79 Å². The van der Waals surface area contributed by atoms with Crippen LogP contribution in [0.2, 0.25) is 0 Å². The maximum Gasteiger partial charge on any atom is 0.335 e. The number of para-hydroxylation sites is 1. The van der Waals surface area contributed by atoms with Gasteiger partial charge < -0.3 is 31.1 Å². The summed E-state index contributed by atoms with van der Waals surface area (Å²) in [5.74, 6) is -1.69. The van der Waals surface area contributed by atoms with Crippen LogP contribution in [-0.4, -0.2) is 53.2 Å². The number of ether oxygens (including phenoxy) is 1. The van der Waals surface area contributed by atoms with Crippen molar-refractivity contribution >= 4 is 29.5 Å². The lowest BCUT2D eigenvalue weighted by Crippen LogP contribution is -2.55. The third-order valence-electron chi connectivity index (χ3n) is 6.50. The molecule has 0 fully saturated rings. The topological polar surface area (TPSA) is 153 Å². The number of rotatable bonds is 13. The molecule has 3 aromatic carbocycles. The van der Waals surface area contributed by atoms with Crippen molar-refractivity contribution in [3.05, 3.63) is 101 Å². The second-order valence-corrected chi connectivity index (χ2v) is 11.8. The second-order valence-electron chi connectivity index (χ2n) is 11.8. The van der Waals surface area contributed by atoms with Crippen molar-refractivity contribution in [2.45, 2.75) is 64.9 Å². The van der Waals surface area contributed by atoms with E-state index in [1.54, 1.807) is 42.5 Å². The van der Waals surface area contributed by atoms with E-state index in [0.29, 0.717) is 17.8 Å². The summed E-state index contributed by atoms with van der Waals surface area (Å²) in [7, 11) is 0. The Kier molecular flexibility index (Phi) is 12.4. The smallest absolute Gasteiger partial charge is 0.335 e. The third-order valence-corrected chi connectivity index (χ3v) is 6.50. The van der Waals surface area contributed by atoms with Crippen LogP contribution in [-0.2, 0) is 20.9 Å². The van der Waals surface area contributed by atoms with Crippen molar-refractivity contribution in [1.82, 2.24) is 16.0 Å². The van der Waals surface area contributed by atoms with Gasteiger partial charge in [0.25, 0.3) is 5.91 Å². The average Bonchev–Trinajstić information content (AvgIpc) is 2.98. The predicted octanol–water partition coefficient (Wildman–Crippen LogP) is 3.86. The SMILES string of the molecule is Cc1ccc(CNC[C@H](NC(=O)[C@@H](Nc2ccccc2)[C@@H](C)O)C(=O)Oc2cccc(C=C(C#N)C(=O)NC(C)(C)C)c2)cc1. The maximum atomic E-state index is 13.4. The molecule has 2 amide bonds. The van der Waals surface area contributed by atoms with Crippen LogP contribution in [0.15, 0.2) is 84.4 Å². The van der Waals surface area contributed by atoms with Crippen molar-refractivity contribution < 1.29 is 24.2 Å². The van der Waals surface area contributed by atoms with Crippen LogP contribution in [0.3, 0.4) is 0 Å². The van der Waals surface area contributed by atoms with Gasteiger partial charge in [-0.2, -0.15) is 5.26 Å². The van der Waals surface area contributed by atoms with Gasteiger partial charge in [-0.15, -0.1) is 0 Å². The molecule has 236 valence electrons. The van der Waals surface area contributed by atoms with Crippen LogP contribution in [0, 0.1) is 18.3 Å². The lowest BCUT2D eigenvalue weighted by molar-refractivity contribution is -0.139. The molecule has 45 heavy (non-hydrogen) atoms. The number of amides is 2. The van der Waals surface area contributed by atoms with Crippen LogP contribution >= 0.6 is 0 Å². The van der Waals surface area contributed by atoms with Gasteiger partial charge in [-0.3, -0.25) is 9.59 Å². The molecule has 0 spiro atoms. The molecular weight excluding hydrogens is 570 g/mol. The lowest BCUT2D eigenvalue weighted by Gasteiger charge is -2.25. The van der Waals surface area contributed by atoms with Gasteiger partial charge >= 0.3 is 5.97 Å². The summed E-state index contributed by atoms with van der Waals surface area (Å²) in [6.45, 7) is 9.40. The number of nitrogens with one attached hydrogen (secondary N) is 4. The van der Waals surface area contributed by atoms with Crippen molar-refractivity contribution in [1.29, 1.82) is 5.26 Å². The fourth-order valence-corrected chi connectivity index (χ4v) is 4.22. The highest BCUT2D eigenvalue weighted by atomic mass is 16.5. The number of aliphatic hydroxyl groups excluding tert-OH is 1. The van der Waals surface area contributed by atoms with Crippen LogP contribution in [0.5, 0.6) is 5.75 Å². The van der Waals surface area contributed by atoms with Crippen molar-refractivity contribution in [3.63, 3.8) is 0 Å². The quantitative estimate of drug-likeness (QED) is 0.0846. The molecule has 0 aliphatic rings. The minimum absolute atomic E-state index is 0.0431. The zero-order valence-electron chi connectivity index (χ0n) is 26.3. The summed E-state index contributed by atoms with van der Waals surface area (Å²) in [6.07, 6.45) is 0.333. The zero-order valence-corrected chi connectivity index (χ0v) is 26.3. The fraction of sp³-hybridized carbons (Fsp3) is 0.314. The molecule has 3 atom stereocenters. The number of anilines is 1. The van der Waals surface area contributed by atoms with Gasteiger partial charge in [0.1, 0.15) is 29.5 Å². The number of carbonyl (C=O) groups excluding carboxylic acids is 3. The monoisotopic (exact) mass is 611 g/mol. The molecule has 3 aromatic rings. The number of aliphatic hydroxyl groups is 1. The van der Waals surface area contributed by atoms with Gasteiger partial charge in [-0.05, 0) is 76.1 Å². The van der Waals surface area contributed by atoms with E-state index in [1.807, 2.05) is 64.1 Å². The first-order valence-electron chi connectivity index (χ1n) is 14.7. The maximum absolute atomic E-state index is 13.4. The predicted molar refractivity (Wildman–Crippen MR) is 174 cm³/mol. The summed E-state index contributed by atoms with van der Waals surface area (Å²) >= 11 is 0. The Bertz CT molecular complexity index is 1520. The largest absolute Gasteiger partial charge is 0.425 e. The zero-order chi connectivity index (χ0) is 33.0. The molecular formula is C35H41N5O5. The Morgan fingerprint density at radius 2 is 1.69 bits per heavy atom. The Labute approximate surface area is 264 Å². The third kappa shape index (κ3) is 11.6. The molecule has 0 bridgehead atoms. The van der Waals surface area contributed by atoms with E-state index in [9.17, 15) is 24.8 Å². The summed E-state index contributed by atoms with van der Waals surface area (Å²) in [4.78, 5) is 39.3. The molecule has 10 nitrogen and oxygen atoms in total. The average molecular weight is 612 g/mol. The molecule has 5 N–H and O–H groups in total. The Morgan fingerprint density at radius 3 is 2.31 bits per heavy atom. The highest BCUT2D eigenvalue weighted by Gasteiger charge is 2.29. The number of nitrogens with zero attached hydrogens (tertiary/aromatic N) is 1. The first-order chi connectivity index (χ1) is 21.3. The molecule has 0 aliphatic carbocycles. The number of aryl methyl sites for hydroxylation is 1. The van der Waals surface area contributed by atoms with E-state index in [-0.39, 0.29) is 17.9 Å². The van der Waals surface area contributed by atoms with E-state index >= 15 is 0 Å². The molecule has 0 aliphatic heterocycles. The standard InChI is InChI=1S/C35H41N5O5/c1-23-14-16-25(17-15-23)21-37-22-30(39-33(43)31(24(2)41)38-28-11-7-6-8-12-28)34(44)45-29-13-9-10-26(19-29)18-27(20-36)32(42)40-35(3,4)5/h6-19,24,30-31,37-38,41H,21-22H2,1-5H3,(H,39,43)(H,40,42)/t24-,30+,31+/m1/s1. The fourth-order valence-electron chi connectivity index (χ4n) is 4.22. The number of nitriles is 1. The van der Waals surface area contributed by atoms with E-state index in [4.69, 9.17) is 4.74 Å². The Morgan fingerprint density at radius 1 is 1.00 bits per heavy atom. The highest BCUT2D eigenvalue weighted by Crippen LogP contribution is 2.18. The van der Waals surface area contributed by atoms with Crippen molar-refractivity contribution in [2.75, 3.05) is 11.9 Å². The molecule has 0 radical (unpaired) electrons. The summed E-state index contributed by atoms with van der Waals surface area (Å²) in [5.41, 5.74) is 2.59. The molecule has 3 rings (SSSR count). The first kappa shape index (κ1) is 34.5. The Hall–Kier alpha value is -4.98. The van der Waals surface area contributed by atoms with Crippen molar-refractivity contribution in [2.24, 2.45) is 0 Å². The number of hydrogen-bond donors (Lipinski definition) is 5. The van der Waals surface area contributed by atoms with Crippen molar-refractivity contribution in [3.8, 4) is 11.8 Å². The van der Waals surface area contributed by atoms with Gasteiger partial charge in [0.15, 0.2) is 0 Å². The number of esters is 1.